The highest BCUT2D eigenvalue weighted by atomic mass is 16.5. The molecule has 0 aliphatic heterocycles. The molecule has 1 amide bonds. The van der Waals surface area contributed by atoms with E-state index in [1.54, 1.807) is 29.2 Å². The second-order valence-corrected chi connectivity index (χ2v) is 7.33. The van der Waals surface area contributed by atoms with Gasteiger partial charge in [0.15, 0.2) is 5.76 Å². The Morgan fingerprint density at radius 2 is 1.84 bits per heavy atom. The summed E-state index contributed by atoms with van der Waals surface area (Å²) in [4.78, 5) is 12.5. The first-order valence-corrected chi connectivity index (χ1v) is 10.4. The smallest absolute Gasteiger partial charge is 0.291 e. The number of amides is 1. The van der Waals surface area contributed by atoms with Crippen LogP contribution in [-0.2, 0) is 13.2 Å². The van der Waals surface area contributed by atoms with Gasteiger partial charge in [0, 0.05) is 6.20 Å². The third-order valence-corrected chi connectivity index (χ3v) is 4.72. The van der Waals surface area contributed by atoms with Gasteiger partial charge in [-0.05, 0) is 55.8 Å². The molecular formula is C25H25N3O4. The van der Waals surface area contributed by atoms with Crippen LogP contribution in [0.4, 0.5) is 5.69 Å². The second-order valence-electron chi connectivity index (χ2n) is 7.33. The van der Waals surface area contributed by atoms with Crippen LogP contribution < -0.4 is 14.8 Å². The quantitative estimate of drug-likeness (QED) is 0.401. The molecule has 0 saturated carbocycles. The first kappa shape index (κ1) is 21.2. The van der Waals surface area contributed by atoms with E-state index >= 15 is 0 Å². The first-order chi connectivity index (χ1) is 15.6. The Morgan fingerprint density at radius 1 is 1.06 bits per heavy atom. The van der Waals surface area contributed by atoms with Crippen molar-refractivity contribution in [1.29, 1.82) is 0 Å². The summed E-state index contributed by atoms with van der Waals surface area (Å²) in [6.07, 6.45) is 3.41. The summed E-state index contributed by atoms with van der Waals surface area (Å²) in [7, 11) is 0. The number of aryl methyl sites for hydroxylation is 1. The molecule has 0 bridgehead atoms. The van der Waals surface area contributed by atoms with E-state index in [0.717, 1.165) is 11.3 Å². The molecule has 1 N–H and O–H groups in total. The number of nitrogens with zero attached hydrogens (tertiary/aromatic N) is 2. The van der Waals surface area contributed by atoms with Crippen LogP contribution in [0, 0.1) is 6.92 Å². The third-order valence-electron chi connectivity index (χ3n) is 4.72. The minimum atomic E-state index is -0.340. The molecule has 4 aromatic rings. The van der Waals surface area contributed by atoms with E-state index in [1.165, 1.54) is 5.56 Å². The highest BCUT2D eigenvalue weighted by molar-refractivity contribution is 6.02. The second kappa shape index (κ2) is 9.87. The average Bonchev–Trinajstić information content (AvgIpc) is 3.43. The summed E-state index contributed by atoms with van der Waals surface area (Å²) >= 11 is 0. The van der Waals surface area contributed by atoms with Gasteiger partial charge in [-0.1, -0.05) is 29.8 Å². The molecular weight excluding hydrogens is 406 g/mol. The van der Waals surface area contributed by atoms with E-state index in [-0.39, 0.29) is 18.3 Å². The van der Waals surface area contributed by atoms with Gasteiger partial charge in [0.1, 0.15) is 23.9 Å². The van der Waals surface area contributed by atoms with Crippen molar-refractivity contribution < 1.29 is 18.7 Å². The van der Waals surface area contributed by atoms with Crippen molar-refractivity contribution in [2.45, 2.75) is 27.0 Å². The molecule has 32 heavy (non-hydrogen) atoms. The van der Waals surface area contributed by atoms with Crippen LogP contribution in [0.25, 0.3) is 0 Å². The fraction of sp³-hybridized carbons (Fsp3) is 0.200. The maximum Gasteiger partial charge on any atom is 0.291 e. The summed E-state index contributed by atoms with van der Waals surface area (Å²) in [6, 6.07) is 18.9. The number of rotatable bonds is 9. The fourth-order valence-corrected chi connectivity index (χ4v) is 3.24. The molecule has 0 atom stereocenters. The van der Waals surface area contributed by atoms with Crippen LogP contribution in [-0.4, -0.2) is 22.3 Å². The van der Waals surface area contributed by atoms with Gasteiger partial charge in [0.25, 0.3) is 5.91 Å². The summed E-state index contributed by atoms with van der Waals surface area (Å²) in [6.45, 7) is 5.46. The Bertz CT molecular complexity index is 1180. The number of ether oxygens (including phenoxy) is 2. The van der Waals surface area contributed by atoms with Crippen molar-refractivity contribution in [3.05, 3.63) is 95.7 Å². The van der Waals surface area contributed by atoms with Crippen LogP contribution >= 0.6 is 0 Å². The number of carbonyl (C=O) groups is 1. The van der Waals surface area contributed by atoms with Gasteiger partial charge < -0.3 is 19.2 Å². The molecule has 7 nitrogen and oxygen atoms in total. The Kier molecular flexibility index (Phi) is 6.55. The number of benzene rings is 2. The number of carbonyl (C=O) groups excluding carboxylic acids is 1. The van der Waals surface area contributed by atoms with E-state index in [2.05, 4.69) is 29.5 Å². The van der Waals surface area contributed by atoms with Gasteiger partial charge in [-0.15, -0.1) is 0 Å². The lowest BCUT2D eigenvalue weighted by Gasteiger charge is -2.06. The molecule has 0 aliphatic rings. The predicted octanol–water partition coefficient (Wildman–Crippen LogP) is 5.06. The summed E-state index contributed by atoms with van der Waals surface area (Å²) in [5.41, 5.74) is 2.95. The van der Waals surface area contributed by atoms with Crippen LogP contribution in [0.2, 0.25) is 0 Å². The number of anilines is 1. The SMILES string of the molecule is CCOc1ccc(OCc2ccc(C(=O)Nc3cnn(Cc4cccc(C)c4)c3)o2)cc1. The summed E-state index contributed by atoms with van der Waals surface area (Å²) in [5.74, 6) is 1.91. The lowest BCUT2D eigenvalue weighted by molar-refractivity contribution is 0.0992. The highest BCUT2D eigenvalue weighted by Gasteiger charge is 2.13. The number of nitrogens with one attached hydrogen (secondary N) is 1. The molecule has 0 fully saturated rings. The maximum absolute atomic E-state index is 12.5. The highest BCUT2D eigenvalue weighted by Crippen LogP contribution is 2.20. The Balaban J connectivity index is 1.30. The first-order valence-electron chi connectivity index (χ1n) is 10.4. The third kappa shape index (κ3) is 5.57. The van der Waals surface area contributed by atoms with E-state index in [1.807, 2.05) is 43.3 Å². The molecule has 0 spiro atoms. The maximum atomic E-state index is 12.5. The number of hydrogen-bond donors (Lipinski definition) is 1. The largest absolute Gasteiger partial charge is 0.494 e. The lowest BCUT2D eigenvalue weighted by atomic mass is 10.1. The molecule has 0 radical (unpaired) electrons. The zero-order chi connectivity index (χ0) is 22.3. The molecule has 2 aromatic heterocycles. The van der Waals surface area contributed by atoms with Crippen LogP contribution in [0.1, 0.15) is 34.4 Å². The summed E-state index contributed by atoms with van der Waals surface area (Å²) in [5, 5.41) is 7.13. The minimum absolute atomic E-state index is 0.210. The van der Waals surface area contributed by atoms with Crippen LogP contribution in [0.5, 0.6) is 11.5 Å². The molecule has 0 aliphatic carbocycles. The molecule has 7 heteroatoms. The molecule has 4 rings (SSSR count). The van der Waals surface area contributed by atoms with E-state index in [9.17, 15) is 4.79 Å². The molecule has 2 heterocycles. The van der Waals surface area contributed by atoms with Crippen molar-refractivity contribution in [2.75, 3.05) is 11.9 Å². The van der Waals surface area contributed by atoms with Gasteiger partial charge in [-0.2, -0.15) is 5.10 Å². The van der Waals surface area contributed by atoms with Crippen molar-refractivity contribution in [2.24, 2.45) is 0 Å². The Hall–Kier alpha value is -4.00. The van der Waals surface area contributed by atoms with Crippen LogP contribution in [0.15, 0.2) is 77.5 Å². The monoisotopic (exact) mass is 431 g/mol. The molecule has 164 valence electrons. The predicted molar refractivity (Wildman–Crippen MR) is 121 cm³/mol. The summed E-state index contributed by atoms with van der Waals surface area (Å²) < 4.78 is 18.5. The number of aromatic nitrogens is 2. The average molecular weight is 431 g/mol. The normalized spacial score (nSPS) is 10.7. The van der Waals surface area contributed by atoms with Gasteiger partial charge in [-0.3, -0.25) is 9.48 Å². The Morgan fingerprint density at radius 3 is 2.59 bits per heavy atom. The van der Waals surface area contributed by atoms with Gasteiger partial charge >= 0.3 is 0 Å². The van der Waals surface area contributed by atoms with Gasteiger partial charge in [0.2, 0.25) is 0 Å². The van der Waals surface area contributed by atoms with Crippen molar-refractivity contribution in [3.8, 4) is 11.5 Å². The Labute approximate surface area is 186 Å². The topological polar surface area (TPSA) is 78.5 Å². The molecule has 0 unspecified atom stereocenters. The van der Waals surface area contributed by atoms with Crippen molar-refractivity contribution in [3.63, 3.8) is 0 Å². The molecule has 2 aromatic carbocycles. The van der Waals surface area contributed by atoms with E-state index < -0.39 is 0 Å². The van der Waals surface area contributed by atoms with E-state index in [4.69, 9.17) is 13.9 Å². The fourth-order valence-electron chi connectivity index (χ4n) is 3.24. The van der Waals surface area contributed by atoms with Crippen molar-refractivity contribution >= 4 is 11.6 Å². The zero-order valence-corrected chi connectivity index (χ0v) is 18.1. The van der Waals surface area contributed by atoms with E-state index in [0.29, 0.717) is 30.3 Å². The van der Waals surface area contributed by atoms with Crippen molar-refractivity contribution in [1.82, 2.24) is 9.78 Å². The minimum Gasteiger partial charge on any atom is -0.494 e. The zero-order valence-electron chi connectivity index (χ0n) is 18.1. The standard InChI is InChI=1S/C25H25N3O4/c1-3-30-21-7-9-22(10-8-21)31-17-23-11-12-24(32-23)25(29)27-20-14-26-28(16-20)15-19-6-4-5-18(2)13-19/h4-14,16H,3,15,17H2,1-2H3,(H,27,29). The number of furan rings is 1. The lowest BCUT2D eigenvalue weighted by Crippen LogP contribution is -2.10. The van der Waals surface area contributed by atoms with Crippen LogP contribution in [0.3, 0.4) is 0 Å². The molecule has 0 saturated heterocycles. The van der Waals surface area contributed by atoms with Gasteiger partial charge in [0.05, 0.1) is 25.0 Å². The number of hydrogen-bond acceptors (Lipinski definition) is 5. The van der Waals surface area contributed by atoms with Gasteiger partial charge in [-0.25, -0.2) is 0 Å².